The number of amides is 4. The van der Waals surface area contributed by atoms with Crippen LogP contribution >= 0.6 is 0 Å². The van der Waals surface area contributed by atoms with Crippen LogP contribution in [0.3, 0.4) is 0 Å². The Kier molecular flexibility index (Phi) is 10.4. The summed E-state index contributed by atoms with van der Waals surface area (Å²) in [6.45, 7) is 10.3. The molecular formula is C38H46FN9O4. The number of urea groups is 1. The number of hydrogen-bond donors (Lipinski definition) is 2. The molecule has 14 heteroatoms. The van der Waals surface area contributed by atoms with Crippen LogP contribution in [0.2, 0.25) is 0 Å². The van der Waals surface area contributed by atoms with E-state index < -0.39 is 24.1 Å². The van der Waals surface area contributed by atoms with Crippen LogP contribution in [0.25, 0.3) is 0 Å². The molecule has 0 radical (unpaired) electrons. The molecule has 7 rings (SSSR count). The van der Waals surface area contributed by atoms with Crippen molar-refractivity contribution in [1.82, 2.24) is 39.9 Å². The number of carbonyl (C=O) groups excluding carboxylic acids is 3. The molecular weight excluding hydrogens is 665 g/mol. The van der Waals surface area contributed by atoms with Gasteiger partial charge in [-0.3, -0.25) is 14.5 Å². The average Bonchev–Trinajstić information content (AvgIpc) is 3.11. The first-order valence-electron chi connectivity index (χ1n) is 17.9. The van der Waals surface area contributed by atoms with Crippen molar-refractivity contribution in [3.05, 3.63) is 102 Å². The van der Waals surface area contributed by atoms with Crippen LogP contribution in [0, 0.1) is 5.82 Å². The van der Waals surface area contributed by atoms with Crippen LogP contribution in [0.1, 0.15) is 16.8 Å². The van der Waals surface area contributed by atoms with Gasteiger partial charge in [0.1, 0.15) is 29.6 Å². The van der Waals surface area contributed by atoms with Gasteiger partial charge in [-0.05, 0) is 36.4 Å². The Balaban J connectivity index is 1.15. The van der Waals surface area contributed by atoms with Gasteiger partial charge in [-0.25, -0.2) is 24.2 Å². The Labute approximate surface area is 303 Å². The number of likely N-dealkylation sites (N-methyl/N-ethyl adjacent to an activating group) is 1. The lowest BCUT2D eigenvalue weighted by Gasteiger charge is -2.55. The van der Waals surface area contributed by atoms with Gasteiger partial charge in [-0.2, -0.15) is 0 Å². The van der Waals surface area contributed by atoms with Gasteiger partial charge in [-0.1, -0.05) is 48.5 Å². The minimum atomic E-state index is -1.11. The number of halogens is 1. The highest BCUT2D eigenvalue weighted by Crippen LogP contribution is 2.31. The van der Waals surface area contributed by atoms with E-state index in [0.717, 1.165) is 56.7 Å². The number of anilines is 1. The zero-order valence-electron chi connectivity index (χ0n) is 29.5. The molecule has 4 amide bonds. The molecule has 4 fully saturated rings. The highest BCUT2D eigenvalue weighted by atomic mass is 19.1. The molecule has 2 N–H and O–H groups in total. The minimum absolute atomic E-state index is 0.0205. The van der Waals surface area contributed by atoms with Gasteiger partial charge in [0, 0.05) is 70.9 Å². The second-order valence-corrected chi connectivity index (χ2v) is 14.0. The van der Waals surface area contributed by atoms with Crippen molar-refractivity contribution in [2.45, 2.75) is 37.8 Å². The zero-order chi connectivity index (χ0) is 36.4. The van der Waals surface area contributed by atoms with Crippen molar-refractivity contribution in [3.63, 3.8) is 0 Å². The first kappa shape index (κ1) is 35.4. The molecule has 0 aliphatic carbocycles. The molecule has 274 valence electrons. The Morgan fingerprint density at radius 1 is 1.02 bits per heavy atom. The van der Waals surface area contributed by atoms with Gasteiger partial charge in [0.05, 0.1) is 25.3 Å². The van der Waals surface area contributed by atoms with Crippen LogP contribution in [0.15, 0.2) is 79.4 Å². The number of hydrazine groups is 1. The maximum Gasteiger partial charge on any atom is 0.334 e. The van der Waals surface area contributed by atoms with Crippen LogP contribution < -0.4 is 10.2 Å². The number of hydrogen-bond acceptors (Lipinski definition) is 9. The fourth-order valence-electron chi connectivity index (χ4n) is 7.60. The molecule has 5 heterocycles. The number of aromatic hydroxyl groups is 1. The monoisotopic (exact) mass is 711 g/mol. The van der Waals surface area contributed by atoms with Gasteiger partial charge < -0.3 is 30.0 Å². The number of rotatable bonds is 10. The van der Waals surface area contributed by atoms with Crippen LogP contribution in [-0.2, 0) is 29.1 Å². The van der Waals surface area contributed by atoms with Crippen LogP contribution in [-0.4, -0.2) is 142 Å². The standard InChI is InChI=1S/C38H46FN9O4/c1-3-14-46-26-36(50)47-33(19-28-12-13-31(49)20-32(28)39)37(51)45(25-35(47)48(46)38(52)40-21-27-8-5-4-6-9-27)22-29-10-7-11-34(41-29)44-23-30(24-44)43-17-15-42(2)16-18-43/h3-13,20,30,33,35,49H,1,14-19,21-26H2,2H3,(H,40,52)/t33-,35?/m0/s1. The number of piperazine rings is 2. The highest BCUT2D eigenvalue weighted by Gasteiger charge is 2.51. The summed E-state index contributed by atoms with van der Waals surface area (Å²) in [5.41, 5.74) is 1.74. The molecule has 0 bridgehead atoms. The number of fused-ring (bicyclic) bond motifs is 1. The van der Waals surface area contributed by atoms with Crippen molar-refractivity contribution in [2.75, 3.05) is 70.9 Å². The Hall–Kier alpha value is -5.05. The van der Waals surface area contributed by atoms with Gasteiger partial charge >= 0.3 is 6.03 Å². The molecule has 3 aromatic rings. The first-order valence-corrected chi connectivity index (χ1v) is 17.9. The highest BCUT2D eigenvalue weighted by molar-refractivity contribution is 5.91. The number of phenols is 1. The Morgan fingerprint density at radius 2 is 1.79 bits per heavy atom. The average molecular weight is 712 g/mol. The third kappa shape index (κ3) is 7.45. The molecule has 0 spiro atoms. The summed E-state index contributed by atoms with van der Waals surface area (Å²) in [5, 5.41) is 16.0. The summed E-state index contributed by atoms with van der Waals surface area (Å²) in [6.07, 6.45) is 0.594. The van der Waals surface area contributed by atoms with E-state index >= 15 is 4.39 Å². The second-order valence-electron chi connectivity index (χ2n) is 14.0. The summed E-state index contributed by atoms with van der Waals surface area (Å²) in [5.74, 6) is -0.817. The molecule has 13 nitrogen and oxygen atoms in total. The fourth-order valence-corrected chi connectivity index (χ4v) is 7.60. The van der Waals surface area contributed by atoms with Gasteiger partial charge in [0.15, 0.2) is 0 Å². The quantitative estimate of drug-likeness (QED) is 0.305. The van der Waals surface area contributed by atoms with E-state index in [-0.39, 0.29) is 62.3 Å². The summed E-state index contributed by atoms with van der Waals surface area (Å²) < 4.78 is 15.1. The smallest absolute Gasteiger partial charge is 0.334 e. The molecule has 52 heavy (non-hydrogen) atoms. The van der Waals surface area contributed by atoms with Crippen molar-refractivity contribution in [1.29, 1.82) is 0 Å². The van der Waals surface area contributed by atoms with Crippen LogP contribution in [0.4, 0.5) is 15.0 Å². The van der Waals surface area contributed by atoms with Crippen molar-refractivity contribution in [2.24, 2.45) is 0 Å². The zero-order valence-corrected chi connectivity index (χ0v) is 29.5. The molecule has 2 atom stereocenters. The molecule has 2 aromatic carbocycles. The number of nitrogens with one attached hydrogen (secondary N) is 1. The second kappa shape index (κ2) is 15.3. The van der Waals surface area contributed by atoms with Gasteiger partial charge in [0.25, 0.3) is 0 Å². The molecule has 0 saturated carbocycles. The summed E-state index contributed by atoms with van der Waals surface area (Å²) in [6, 6.07) is 18.0. The van der Waals surface area contributed by atoms with Crippen LogP contribution in [0.5, 0.6) is 5.75 Å². The lowest BCUT2D eigenvalue weighted by atomic mass is 9.98. The Morgan fingerprint density at radius 3 is 2.52 bits per heavy atom. The number of pyridine rings is 1. The summed E-state index contributed by atoms with van der Waals surface area (Å²) in [4.78, 5) is 57.4. The van der Waals surface area contributed by atoms with Gasteiger partial charge in [0.2, 0.25) is 11.8 Å². The molecule has 4 aliphatic heterocycles. The fraction of sp³-hybridized carbons (Fsp3) is 0.421. The van der Waals surface area contributed by atoms with E-state index in [1.807, 2.05) is 48.5 Å². The normalized spacial score (nSPS) is 22.0. The minimum Gasteiger partial charge on any atom is -0.508 e. The van der Waals surface area contributed by atoms with E-state index in [4.69, 9.17) is 4.98 Å². The number of carbonyl (C=O) groups is 3. The van der Waals surface area contributed by atoms with E-state index in [1.54, 1.807) is 16.0 Å². The first-order chi connectivity index (χ1) is 25.2. The number of benzene rings is 2. The van der Waals surface area contributed by atoms with Crippen molar-refractivity contribution < 1.29 is 23.9 Å². The Bertz CT molecular complexity index is 1780. The SMILES string of the molecule is C=CCN1CC(=O)N2C(CN(Cc3cccc(N4CC(N5CCN(C)CC5)C4)n3)C(=O)[C@@H]2Cc2ccc(O)cc2F)N1C(=O)NCc1ccccc1. The van der Waals surface area contributed by atoms with Crippen molar-refractivity contribution in [3.8, 4) is 5.75 Å². The van der Waals surface area contributed by atoms with E-state index in [9.17, 15) is 19.5 Å². The topological polar surface area (TPSA) is 119 Å². The maximum atomic E-state index is 15.1. The maximum absolute atomic E-state index is 15.1. The lowest BCUT2D eigenvalue weighted by Crippen LogP contribution is -2.76. The lowest BCUT2D eigenvalue weighted by molar-refractivity contribution is -0.189. The summed E-state index contributed by atoms with van der Waals surface area (Å²) >= 11 is 0. The third-order valence-corrected chi connectivity index (χ3v) is 10.5. The molecule has 4 aliphatic rings. The third-order valence-electron chi connectivity index (χ3n) is 10.5. The molecule has 4 saturated heterocycles. The molecule has 1 aromatic heterocycles. The van der Waals surface area contributed by atoms with E-state index in [0.29, 0.717) is 11.7 Å². The predicted molar refractivity (Wildman–Crippen MR) is 193 cm³/mol. The predicted octanol–water partition coefficient (Wildman–Crippen LogP) is 2.10. The number of phenolic OH excluding ortho intramolecular Hbond substituents is 1. The summed E-state index contributed by atoms with van der Waals surface area (Å²) in [7, 11) is 2.15. The van der Waals surface area contributed by atoms with E-state index in [2.05, 4.69) is 33.6 Å². The largest absolute Gasteiger partial charge is 0.508 e. The van der Waals surface area contributed by atoms with Crippen molar-refractivity contribution >= 4 is 23.7 Å². The molecule has 1 unspecified atom stereocenters. The van der Waals surface area contributed by atoms with E-state index in [1.165, 1.54) is 22.0 Å². The number of nitrogens with zero attached hydrogens (tertiary/aromatic N) is 8. The van der Waals surface area contributed by atoms with Gasteiger partial charge in [-0.15, -0.1) is 6.58 Å². The number of aromatic nitrogens is 1.